The summed E-state index contributed by atoms with van der Waals surface area (Å²) in [6.45, 7) is 1.95. The monoisotopic (exact) mass is 237 g/mol. The van der Waals surface area contributed by atoms with Crippen molar-refractivity contribution in [2.75, 3.05) is 19.7 Å². The van der Waals surface area contributed by atoms with E-state index >= 15 is 0 Å². The Morgan fingerprint density at radius 3 is 2.76 bits per heavy atom. The quantitative estimate of drug-likeness (QED) is 0.793. The lowest BCUT2D eigenvalue weighted by Crippen LogP contribution is -2.44. The number of fused-ring (bicyclic) bond motifs is 2. The van der Waals surface area contributed by atoms with E-state index < -0.39 is 0 Å². The van der Waals surface area contributed by atoms with Gasteiger partial charge in [0.25, 0.3) is 0 Å². The van der Waals surface area contributed by atoms with Crippen LogP contribution in [0.4, 0.5) is 0 Å². The standard InChI is InChI=1S/C14H23NO2/c16-9-11-2-1-5-15(8-11)14(17)13-7-10-3-4-12(13)6-10/h10-13,16H,1-9H2. The van der Waals surface area contributed by atoms with Crippen molar-refractivity contribution in [3.05, 3.63) is 0 Å². The molecule has 0 aromatic heterocycles. The van der Waals surface area contributed by atoms with Crippen molar-refractivity contribution in [1.29, 1.82) is 0 Å². The number of carbonyl (C=O) groups excluding carboxylic acids is 1. The Morgan fingerprint density at radius 2 is 2.12 bits per heavy atom. The molecule has 3 rings (SSSR count). The normalized spacial score (nSPS) is 40.9. The molecule has 4 unspecified atom stereocenters. The van der Waals surface area contributed by atoms with Gasteiger partial charge in [0.05, 0.1) is 0 Å². The van der Waals surface area contributed by atoms with Gasteiger partial charge in [-0.3, -0.25) is 4.79 Å². The molecule has 0 spiro atoms. The second-order valence-electron chi connectivity index (χ2n) is 6.26. The third-order valence-corrected chi connectivity index (χ3v) is 5.14. The molecule has 17 heavy (non-hydrogen) atoms. The summed E-state index contributed by atoms with van der Waals surface area (Å²) >= 11 is 0. The maximum Gasteiger partial charge on any atom is 0.225 e. The molecule has 0 aromatic carbocycles. The Labute approximate surface area is 103 Å². The number of piperidine rings is 1. The van der Waals surface area contributed by atoms with Gasteiger partial charge in [-0.2, -0.15) is 0 Å². The molecule has 1 heterocycles. The van der Waals surface area contributed by atoms with E-state index in [0.29, 0.717) is 23.7 Å². The number of likely N-dealkylation sites (tertiary alicyclic amines) is 1. The van der Waals surface area contributed by atoms with Crippen molar-refractivity contribution in [2.45, 2.75) is 38.5 Å². The van der Waals surface area contributed by atoms with Gasteiger partial charge in [0.1, 0.15) is 0 Å². The van der Waals surface area contributed by atoms with Crippen LogP contribution in [0.5, 0.6) is 0 Å². The largest absolute Gasteiger partial charge is 0.396 e. The molecule has 3 aliphatic rings. The number of carbonyl (C=O) groups is 1. The van der Waals surface area contributed by atoms with Gasteiger partial charge in [-0.15, -0.1) is 0 Å². The van der Waals surface area contributed by atoms with E-state index in [-0.39, 0.29) is 6.61 Å². The second-order valence-corrected chi connectivity index (χ2v) is 6.26. The minimum atomic E-state index is 0.237. The minimum absolute atomic E-state index is 0.237. The molecule has 1 saturated heterocycles. The van der Waals surface area contributed by atoms with Crippen LogP contribution in [-0.2, 0) is 4.79 Å². The van der Waals surface area contributed by atoms with Crippen LogP contribution in [0.3, 0.4) is 0 Å². The van der Waals surface area contributed by atoms with Crippen molar-refractivity contribution >= 4 is 5.91 Å². The third kappa shape index (κ3) is 2.10. The molecule has 2 aliphatic carbocycles. The number of hydrogen-bond acceptors (Lipinski definition) is 2. The zero-order valence-corrected chi connectivity index (χ0v) is 10.5. The van der Waals surface area contributed by atoms with E-state index in [9.17, 15) is 9.90 Å². The highest BCUT2D eigenvalue weighted by Gasteiger charge is 2.44. The minimum Gasteiger partial charge on any atom is -0.396 e. The molecule has 3 heteroatoms. The summed E-state index contributed by atoms with van der Waals surface area (Å²) in [5.41, 5.74) is 0. The van der Waals surface area contributed by atoms with Crippen molar-refractivity contribution in [3.8, 4) is 0 Å². The summed E-state index contributed by atoms with van der Waals surface area (Å²) in [5.74, 6) is 2.57. The number of amides is 1. The van der Waals surface area contributed by atoms with Crippen LogP contribution >= 0.6 is 0 Å². The highest BCUT2D eigenvalue weighted by Crippen LogP contribution is 2.49. The average molecular weight is 237 g/mol. The fourth-order valence-corrected chi connectivity index (χ4v) is 4.20. The van der Waals surface area contributed by atoms with E-state index in [2.05, 4.69) is 0 Å². The zero-order valence-electron chi connectivity index (χ0n) is 10.5. The zero-order chi connectivity index (χ0) is 11.8. The Morgan fingerprint density at radius 1 is 1.24 bits per heavy atom. The molecule has 1 amide bonds. The first-order valence-electron chi connectivity index (χ1n) is 7.17. The highest BCUT2D eigenvalue weighted by atomic mass is 16.3. The van der Waals surface area contributed by atoms with Crippen LogP contribution < -0.4 is 0 Å². The predicted molar refractivity (Wildman–Crippen MR) is 65.3 cm³/mol. The molecule has 1 aliphatic heterocycles. The topological polar surface area (TPSA) is 40.5 Å². The van der Waals surface area contributed by atoms with E-state index in [4.69, 9.17) is 0 Å². The molecule has 1 N–H and O–H groups in total. The number of aliphatic hydroxyl groups is 1. The van der Waals surface area contributed by atoms with Gasteiger partial charge in [-0.05, 0) is 49.9 Å². The van der Waals surface area contributed by atoms with E-state index in [0.717, 1.165) is 38.3 Å². The summed E-state index contributed by atoms with van der Waals surface area (Å²) in [4.78, 5) is 14.5. The van der Waals surface area contributed by atoms with E-state index in [1.807, 2.05) is 4.90 Å². The van der Waals surface area contributed by atoms with Crippen LogP contribution in [0.2, 0.25) is 0 Å². The van der Waals surface area contributed by atoms with Gasteiger partial charge < -0.3 is 10.0 Å². The van der Waals surface area contributed by atoms with E-state index in [1.54, 1.807) is 0 Å². The van der Waals surface area contributed by atoms with E-state index in [1.165, 1.54) is 19.3 Å². The van der Waals surface area contributed by atoms with Crippen molar-refractivity contribution < 1.29 is 9.90 Å². The van der Waals surface area contributed by atoms with Crippen molar-refractivity contribution in [2.24, 2.45) is 23.7 Å². The Kier molecular flexibility index (Phi) is 3.12. The summed E-state index contributed by atoms with van der Waals surface area (Å²) in [6.07, 6.45) is 7.22. The first kappa shape index (κ1) is 11.5. The second kappa shape index (κ2) is 4.60. The first-order valence-corrected chi connectivity index (χ1v) is 7.17. The number of aliphatic hydroxyl groups excluding tert-OH is 1. The Bertz CT molecular complexity index is 305. The third-order valence-electron chi connectivity index (χ3n) is 5.14. The SMILES string of the molecule is O=C(C1CC2CCC1C2)N1CCCC(CO)C1. The number of rotatable bonds is 2. The molecule has 96 valence electrons. The maximum absolute atomic E-state index is 12.5. The van der Waals surface area contributed by atoms with Gasteiger partial charge in [0, 0.05) is 25.6 Å². The Hall–Kier alpha value is -0.570. The van der Waals surface area contributed by atoms with Crippen molar-refractivity contribution in [3.63, 3.8) is 0 Å². The fourth-order valence-electron chi connectivity index (χ4n) is 4.20. The van der Waals surface area contributed by atoms with Gasteiger partial charge in [0.15, 0.2) is 0 Å². The van der Waals surface area contributed by atoms with Gasteiger partial charge in [-0.25, -0.2) is 0 Å². The summed E-state index contributed by atoms with van der Waals surface area (Å²) in [7, 11) is 0. The van der Waals surface area contributed by atoms with Gasteiger partial charge >= 0.3 is 0 Å². The summed E-state index contributed by atoms with van der Waals surface area (Å²) < 4.78 is 0. The molecule has 3 fully saturated rings. The van der Waals surface area contributed by atoms with Crippen LogP contribution in [-0.4, -0.2) is 35.6 Å². The molecule has 4 atom stereocenters. The Balaban J connectivity index is 1.62. The lowest BCUT2D eigenvalue weighted by molar-refractivity contribution is -0.139. The van der Waals surface area contributed by atoms with Crippen molar-refractivity contribution in [1.82, 2.24) is 4.90 Å². The number of nitrogens with zero attached hydrogens (tertiary/aromatic N) is 1. The van der Waals surface area contributed by atoms with Gasteiger partial charge in [0.2, 0.25) is 5.91 Å². The molecule has 0 radical (unpaired) electrons. The van der Waals surface area contributed by atoms with Gasteiger partial charge in [-0.1, -0.05) is 6.42 Å². The first-order chi connectivity index (χ1) is 8.28. The maximum atomic E-state index is 12.5. The molecular weight excluding hydrogens is 214 g/mol. The lowest BCUT2D eigenvalue weighted by Gasteiger charge is -2.35. The predicted octanol–water partition coefficient (Wildman–Crippen LogP) is 1.65. The summed E-state index contributed by atoms with van der Waals surface area (Å²) in [6, 6.07) is 0. The van der Waals surface area contributed by atoms with Crippen LogP contribution in [0.15, 0.2) is 0 Å². The van der Waals surface area contributed by atoms with Crippen LogP contribution in [0, 0.1) is 23.7 Å². The highest BCUT2D eigenvalue weighted by molar-refractivity contribution is 5.79. The van der Waals surface area contributed by atoms with Crippen LogP contribution in [0.25, 0.3) is 0 Å². The fraction of sp³-hybridized carbons (Fsp3) is 0.929. The molecule has 3 nitrogen and oxygen atoms in total. The van der Waals surface area contributed by atoms with Crippen LogP contribution in [0.1, 0.15) is 38.5 Å². The number of hydrogen-bond donors (Lipinski definition) is 1. The summed E-state index contributed by atoms with van der Waals surface area (Å²) in [5, 5.41) is 9.22. The molecular formula is C14H23NO2. The smallest absolute Gasteiger partial charge is 0.225 e. The molecule has 2 bridgehead atoms. The molecule has 0 aromatic rings. The average Bonchev–Trinajstić information content (AvgIpc) is 3.00. The lowest BCUT2D eigenvalue weighted by atomic mass is 9.87. The molecule has 2 saturated carbocycles.